The monoisotopic (exact) mass is 465 g/mol. The van der Waals surface area contributed by atoms with Crippen molar-refractivity contribution >= 4 is 29.4 Å². The van der Waals surface area contributed by atoms with Crippen LogP contribution in [-0.2, 0) is 24.1 Å². The molecule has 0 radical (unpaired) electrons. The van der Waals surface area contributed by atoms with Crippen molar-refractivity contribution in [3.63, 3.8) is 0 Å². The summed E-state index contributed by atoms with van der Waals surface area (Å²) >= 11 is 1.58. The van der Waals surface area contributed by atoms with E-state index in [1.165, 1.54) is 4.88 Å². The van der Waals surface area contributed by atoms with Crippen LogP contribution in [0.4, 0.5) is 0 Å². The minimum Gasteiger partial charge on any atom is -0.497 e. The Bertz CT molecular complexity index is 1220. The number of aromatic carboxylic acids is 1. The summed E-state index contributed by atoms with van der Waals surface area (Å²) in [5.74, 6) is -0.354. The van der Waals surface area contributed by atoms with Crippen LogP contribution in [-0.4, -0.2) is 34.9 Å². The largest absolute Gasteiger partial charge is 0.497 e. The summed E-state index contributed by atoms with van der Waals surface area (Å²) in [5, 5.41) is 14.8. The van der Waals surface area contributed by atoms with E-state index in [4.69, 9.17) is 4.74 Å². The van der Waals surface area contributed by atoms with Crippen LogP contribution in [0.25, 0.3) is 5.00 Å². The minimum absolute atomic E-state index is 0.211. The maximum Gasteiger partial charge on any atom is 0.339 e. The molecule has 0 fully saturated rings. The normalized spacial score (nSPS) is 13.2. The van der Waals surface area contributed by atoms with Gasteiger partial charge in [0.25, 0.3) is 0 Å². The first-order chi connectivity index (χ1) is 15.9. The molecule has 172 valence electrons. The molecule has 2 N–H and O–H groups in total. The summed E-state index contributed by atoms with van der Waals surface area (Å²) in [4.78, 5) is 25.5. The molecule has 7 nitrogen and oxygen atoms in total. The van der Waals surface area contributed by atoms with Crippen molar-refractivity contribution in [1.29, 1.82) is 0 Å². The molecular formula is C25H27N3O4S. The number of carbonyl (C=O) groups excluding carboxylic acids is 1. The standard InChI is InChI=1S/C25H27N3O4S/c1-15-12-18(14-26-27-22(29)13-17-8-10-19(32-3)11-9-17)16(2)28(15)24-23(25(30)31)20-6-4-5-7-21(20)33-24/h8-12,14H,4-7,13H2,1-3H3,(H,27,29)(H,30,31)/b26-14+. The van der Waals surface area contributed by atoms with E-state index in [2.05, 4.69) is 10.5 Å². The van der Waals surface area contributed by atoms with Gasteiger partial charge in [-0.1, -0.05) is 12.1 Å². The number of hydrazone groups is 1. The fourth-order valence-corrected chi connectivity index (χ4v) is 5.79. The lowest BCUT2D eigenvalue weighted by Gasteiger charge is -2.11. The molecule has 1 aliphatic rings. The lowest BCUT2D eigenvalue weighted by atomic mass is 9.95. The zero-order valence-corrected chi connectivity index (χ0v) is 19.8. The number of fused-ring (bicyclic) bond motifs is 1. The van der Waals surface area contributed by atoms with Crippen LogP contribution in [0.1, 0.15) is 56.2 Å². The first kappa shape index (κ1) is 22.8. The molecule has 0 spiro atoms. The Balaban J connectivity index is 1.52. The number of hydrogen-bond acceptors (Lipinski definition) is 5. The van der Waals surface area contributed by atoms with Gasteiger partial charge in [0.1, 0.15) is 10.8 Å². The van der Waals surface area contributed by atoms with Crippen molar-refractivity contribution < 1.29 is 19.4 Å². The van der Waals surface area contributed by atoms with Crippen LogP contribution in [0.3, 0.4) is 0 Å². The van der Waals surface area contributed by atoms with Crippen LogP contribution in [0.2, 0.25) is 0 Å². The van der Waals surface area contributed by atoms with Crippen LogP contribution in [0, 0.1) is 13.8 Å². The summed E-state index contributed by atoms with van der Waals surface area (Å²) in [5.41, 5.74) is 7.50. The van der Waals surface area contributed by atoms with Gasteiger partial charge in [0.15, 0.2) is 0 Å². The van der Waals surface area contributed by atoms with Crippen LogP contribution in [0.5, 0.6) is 5.75 Å². The summed E-state index contributed by atoms with van der Waals surface area (Å²) in [6.45, 7) is 3.90. The van der Waals surface area contributed by atoms with Crippen molar-refractivity contribution in [2.24, 2.45) is 5.10 Å². The predicted molar refractivity (Wildman–Crippen MR) is 129 cm³/mol. The summed E-state index contributed by atoms with van der Waals surface area (Å²) in [7, 11) is 1.60. The van der Waals surface area contributed by atoms with Crippen molar-refractivity contribution in [3.05, 3.63) is 68.9 Å². The number of methoxy groups -OCH3 is 1. The highest BCUT2D eigenvalue weighted by Crippen LogP contribution is 2.38. The number of carbonyl (C=O) groups is 2. The quantitative estimate of drug-likeness (QED) is 0.399. The number of nitrogens with one attached hydrogen (secondary N) is 1. The number of rotatable bonds is 7. The number of carboxylic acid groups (broad SMARTS) is 1. The molecule has 1 amide bonds. The molecule has 8 heteroatoms. The van der Waals surface area contributed by atoms with Gasteiger partial charge in [-0.25, -0.2) is 10.2 Å². The number of amides is 1. The Kier molecular flexibility index (Phi) is 6.65. The molecule has 0 atom stereocenters. The summed E-state index contributed by atoms with van der Waals surface area (Å²) < 4.78 is 7.12. The third kappa shape index (κ3) is 4.71. The average Bonchev–Trinajstić information content (AvgIpc) is 3.30. The Morgan fingerprint density at radius 2 is 1.94 bits per heavy atom. The van der Waals surface area contributed by atoms with Crippen molar-refractivity contribution in [1.82, 2.24) is 9.99 Å². The van der Waals surface area contributed by atoms with Crippen LogP contribution >= 0.6 is 11.3 Å². The first-order valence-electron chi connectivity index (χ1n) is 10.9. The molecule has 1 aromatic carbocycles. The molecule has 4 rings (SSSR count). The SMILES string of the molecule is COc1ccc(CC(=O)N/N=C/c2cc(C)n(-c3sc4c(c3C(=O)O)CCCC4)c2C)cc1. The maximum atomic E-state index is 12.2. The number of aryl methyl sites for hydroxylation is 2. The van der Waals surface area contributed by atoms with E-state index in [1.807, 2.05) is 48.7 Å². The van der Waals surface area contributed by atoms with Gasteiger partial charge in [0.05, 0.1) is 25.3 Å². The van der Waals surface area contributed by atoms with Gasteiger partial charge in [-0.3, -0.25) is 4.79 Å². The van der Waals surface area contributed by atoms with E-state index in [0.29, 0.717) is 5.56 Å². The van der Waals surface area contributed by atoms with Crippen molar-refractivity contribution in [2.45, 2.75) is 46.0 Å². The number of aromatic nitrogens is 1. The molecule has 0 bridgehead atoms. The third-order valence-electron chi connectivity index (χ3n) is 5.96. The number of carboxylic acids is 1. The Labute approximate surface area is 196 Å². The van der Waals surface area contributed by atoms with E-state index < -0.39 is 5.97 Å². The Morgan fingerprint density at radius 3 is 2.64 bits per heavy atom. The van der Waals surface area contributed by atoms with Gasteiger partial charge in [0.2, 0.25) is 5.91 Å². The van der Waals surface area contributed by atoms with E-state index in [0.717, 1.165) is 64.5 Å². The first-order valence-corrected chi connectivity index (χ1v) is 11.7. The maximum absolute atomic E-state index is 12.2. The molecule has 1 aliphatic carbocycles. The van der Waals surface area contributed by atoms with Gasteiger partial charge in [-0.05, 0) is 68.9 Å². The smallest absolute Gasteiger partial charge is 0.339 e. The zero-order chi connectivity index (χ0) is 23.5. The Morgan fingerprint density at radius 1 is 1.21 bits per heavy atom. The van der Waals surface area contributed by atoms with Crippen molar-refractivity contribution in [2.75, 3.05) is 7.11 Å². The number of benzene rings is 1. The fraction of sp³-hybridized carbons (Fsp3) is 0.320. The molecule has 0 aliphatic heterocycles. The number of nitrogens with zero attached hydrogens (tertiary/aromatic N) is 2. The second-order valence-electron chi connectivity index (χ2n) is 8.18. The number of thiophene rings is 1. The van der Waals surface area contributed by atoms with Crippen molar-refractivity contribution in [3.8, 4) is 10.8 Å². The second kappa shape index (κ2) is 9.62. The van der Waals surface area contributed by atoms with Gasteiger partial charge >= 0.3 is 5.97 Å². The zero-order valence-electron chi connectivity index (χ0n) is 19.0. The van der Waals surface area contributed by atoms with Gasteiger partial charge < -0.3 is 14.4 Å². The summed E-state index contributed by atoms with van der Waals surface area (Å²) in [6.07, 6.45) is 5.71. The lowest BCUT2D eigenvalue weighted by Crippen LogP contribution is -2.19. The molecule has 3 aromatic rings. The third-order valence-corrected chi connectivity index (χ3v) is 7.23. The molecule has 2 heterocycles. The van der Waals surface area contributed by atoms with Crippen LogP contribution < -0.4 is 10.2 Å². The molecule has 2 aromatic heterocycles. The second-order valence-corrected chi connectivity index (χ2v) is 9.26. The average molecular weight is 466 g/mol. The lowest BCUT2D eigenvalue weighted by molar-refractivity contribution is -0.120. The van der Waals surface area contributed by atoms with Gasteiger partial charge in [-0.2, -0.15) is 5.10 Å². The number of ether oxygens (including phenoxy) is 1. The van der Waals surface area contributed by atoms with E-state index in [-0.39, 0.29) is 12.3 Å². The Hall–Kier alpha value is -3.39. The van der Waals surface area contributed by atoms with E-state index >= 15 is 0 Å². The number of hydrogen-bond donors (Lipinski definition) is 2. The predicted octanol–water partition coefficient (Wildman–Crippen LogP) is 4.43. The fourth-order valence-electron chi connectivity index (χ4n) is 4.30. The van der Waals surface area contributed by atoms with Crippen LogP contribution in [0.15, 0.2) is 35.4 Å². The van der Waals surface area contributed by atoms with Gasteiger partial charge in [0, 0.05) is 21.8 Å². The highest BCUT2D eigenvalue weighted by molar-refractivity contribution is 7.15. The molecule has 33 heavy (non-hydrogen) atoms. The molecule has 0 saturated heterocycles. The van der Waals surface area contributed by atoms with Gasteiger partial charge in [-0.15, -0.1) is 11.3 Å². The van der Waals surface area contributed by atoms with E-state index in [1.54, 1.807) is 24.7 Å². The summed E-state index contributed by atoms with van der Waals surface area (Å²) in [6, 6.07) is 9.27. The highest BCUT2D eigenvalue weighted by atomic mass is 32.1. The minimum atomic E-state index is -0.877. The molecular weight excluding hydrogens is 438 g/mol. The molecule has 0 saturated carbocycles. The highest BCUT2D eigenvalue weighted by Gasteiger charge is 2.27. The topological polar surface area (TPSA) is 92.9 Å². The molecule has 0 unspecified atom stereocenters. The van der Waals surface area contributed by atoms with E-state index in [9.17, 15) is 14.7 Å².